The first kappa shape index (κ1) is 12.3. The van der Waals surface area contributed by atoms with E-state index in [1.54, 1.807) is 0 Å². The van der Waals surface area contributed by atoms with Gasteiger partial charge in [-0.1, -0.05) is 27.2 Å². The Kier molecular flexibility index (Phi) is 5.48. The van der Waals surface area contributed by atoms with Gasteiger partial charge in [-0.25, -0.2) is 0 Å². The first-order valence-electron chi connectivity index (χ1n) is 6.09. The van der Waals surface area contributed by atoms with E-state index in [0.717, 1.165) is 25.4 Å². The first-order chi connectivity index (χ1) is 7.22. The average molecular weight is 208 g/mol. The second-order valence-electron chi connectivity index (χ2n) is 4.64. The summed E-state index contributed by atoms with van der Waals surface area (Å²) in [5.41, 5.74) is 2.67. The van der Waals surface area contributed by atoms with E-state index >= 15 is 0 Å². The van der Waals surface area contributed by atoms with Gasteiger partial charge in [0.15, 0.2) is 0 Å². The maximum atomic E-state index is 3.46. The van der Waals surface area contributed by atoms with Crippen LogP contribution in [0.5, 0.6) is 0 Å². The van der Waals surface area contributed by atoms with E-state index in [9.17, 15) is 0 Å². The lowest BCUT2D eigenvalue weighted by Crippen LogP contribution is -2.14. The predicted octanol–water partition coefficient (Wildman–Crippen LogP) is 3.10. The quantitative estimate of drug-likeness (QED) is 0.662. The zero-order valence-electron chi connectivity index (χ0n) is 10.3. The van der Waals surface area contributed by atoms with Gasteiger partial charge in [0.1, 0.15) is 0 Å². The molecule has 0 aliphatic rings. The van der Waals surface area contributed by atoms with Gasteiger partial charge < -0.3 is 10.3 Å². The van der Waals surface area contributed by atoms with Crippen molar-refractivity contribution in [2.75, 3.05) is 6.54 Å². The van der Waals surface area contributed by atoms with Crippen LogP contribution in [0.25, 0.3) is 0 Å². The number of hydrogen-bond donors (Lipinski definition) is 2. The van der Waals surface area contributed by atoms with Gasteiger partial charge in [0.2, 0.25) is 0 Å². The topological polar surface area (TPSA) is 27.8 Å². The van der Waals surface area contributed by atoms with Crippen LogP contribution in [0, 0.1) is 5.92 Å². The number of rotatable bonds is 7. The smallest absolute Gasteiger partial charge is 0.0357 e. The largest absolute Gasteiger partial charge is 0.361 e. The molecule has 0 aromatic carbocycles. The summed E-state index contributed by atoms with van der Waals surface area (Å²) in [4.78, 5) is 3.46. The fourth-order valence-electron chi connectivity index (χ4n) is 1.68. The Labute approximate surface area is 93.5 Å². The Morgan fingerprint density at radius 1 is 1.27 bits per heavy atom. The average Bonchev–Trinajstić information content (AvgIpc) is 2.59. The molecule has 0 spiro atoms. The van der Waals surface area contributed by atoms with Gasteiger partial charge in [-0.2, -0.15) is 0 Å². The summed E-state index contributed by atoms with van der Waals surface area (Å²) in [6.45, 7) is 8.81. The second-order valence-corrected chi connectivity index (χ2v) is 4.64. The molecule has 0 saturated carbocycles. The van der Waals surface area contributed by atoms with Crippen LogP contribution in [0.2, 0.25) is 0 Å². The highest BCUT2D eigenvalue weighted by atomic mass is 14.9. The summed E-state index contributed by atoms with van der Waals surface area (Å²) in [5, 5.41) is 3.44. The Bertz CT molecular complexity index is 263. The van der Waals surface area contributed by atoms with E-state index < -0.39 is 0 Å². The van der Waals surface area contributed by atoms with Crippen LogP contribution in [0.3, 0.4) is 0 Å². The molecule has 0 atom stereocenters. The highest BCUT2D eigenvalue weighted by molar-refractivity contribution is 5.13. The Balaban J connectivity index is 2.26. The summed E-state index contributed by atoms with van der Waals surface area (Å²) in [6, 6.07) is 4.40. The molecule has 1 rings (SSSR count). The first-order valence-corrected chi connectivity index (χ1v) is 6.09. The number of unbranched alkanes of at least 4 members (excludes halogenated alkanes) is 1. The van der Waals surface area contributed by atoms with Crippen molar-refractivity contribution >= 4 is 0 Å². The predicted molar refractivity (Wildman–Crippen MR) is 65.9 cm³/mol. The van der Waals surface area contributed by atoms with Crippen molar-refractivity contribution in [1.82, 2.24) is 10.3 Å². The monoisotopic (exact) mass is 208 g/mol. The third-order valence-electron chi connectivity index (χ3n) is 2.46. The number of aromatic nitrogens is 1. The van der Waals surface area contributed by atoms with E-state index in [1.807, 2.05) is 0 Å². The molecule has 0 unspecified atom stereocenters. The molecule has 86 valence electrons. The SMILES string of the molecule is CCCCNCc1ccc(CC(C)C)[nH]1. The maximum Gasteiger partial charge on any atom is 0.0357 e. The zero-order chi connectivity index (χ0) is 11.1. The highest BCUT2D eigenvalue weighted by Crippen LogP contribution is 2.07. The van der Waals surface area contributed by atoms with Gasteiger partial charge in [-0.05, 0) is 37.4 Å². The molecule has 1 aromatic heterocycles. The van der Waals surface area contributed by atoms with Crippen molar-refractivity contribution in [2.24, 2.45) is 5.92 Å². The molecule has 0 bridgehead atoms. The maximum absolute atomic E-state index is 3.46. The molecular weight excluding hydrogens is 184 g/mol. The number of hydrogen-bond acceptors (Lipinski definition) is 1. The Morgan fingerprint density at radius 2 is 2.00 bits per heavy atom. The summed E-state index contributed by atoms with van der Waals surface area (Å²) in [7, 11) is 0. The van der Waals surface area contributed by atoms with Gasteiger partial charge in [0.25, 0.3) is 0 Å². The zero-order valence-corrected chi connectivity index (χ0v) is 10.3. The van der Waals surface area contributed by atoms with E-state index in [0.29, 0.717) is 0 Å². The lowest BCUT2D eigenvalue weighted by Gasteiger charge is -2.03. The number of nitrogens with one attached hydrogen (secondary N) is 2. The van der Waals surface area contributed by atoms with Gasteiger partial charge >= 0.3 is 0 Å². The normalized spacial score (nSPS) is 11.2. The van der Waals surface area contributed by atoms with Crippen LogP contribution in [-0.2, 0) is 13.0 Å². The van der Waals surface area contributed by atoms with Crippen LogP contribution >= 0.6 is 0 Å². The summed E-state index contributed by atoms with van der Waals surface area (Å²) >= 11 is 0. The lowest BCUT2D eigenvalue weighted by atomic mass is 10.1. The third kappa shape index (κ3) is 5.03. The van der Waals surface area contributed by atoms with E-state index in [-0.39, 0.29) is 0 Å². The van der Waals surface area contributed by atoms with Gasteiger partial charge in [0, 0.05) is 17.9 Å². The molecule has 15 heavy (non-hydrogen) atoms. The minimum Gasteiger partial charge on any atom is -0.361 e. The molecule has 0 aliphatic heterocycles. The molecule has 0 fully saturated rings. The van der Waals surface area contributed by atoms with Crippen LogP contribution in [0.4, 0.5) is 0 Å². The molecule has 0 aliphatic carbocycles. The minimum absolute atomic E-state index is 0.726. The number of aromatic amines is 1. The molecule has 2 heteroatoms. The lowest BCUT2D eigenvalue weighted by molar-refractivity contribution is 0.622. The van der Waals surface area contributed by atoms with Gasteiger partial charge in [-0.15, -0.1) is 0 Å². The fraction of sp³-hybridized carbons (Fsp3) is 0.692. The molecule has 0 amide bonds. The van der Waals surface area contributed by atoms with Crippen LogP contribution in [0.1, 0.15) is 45.0 Å². The van der Waals surface area contributed by atoms with E-state index in [2.05, 4.69) is 43.2 Å². The molecule has 2 N–H and O–H groups in total. The van der Waals surface area contributed by atoms with Gasteiger partial charge in [0.05, 0.1) is 0 Å². The van der Waals surface area contributed by atoms with Crippen LogP contribution in [0.15, 0.2) is 12.1 Å². The van der Waals surface area contributed by atoms with Crippen LogP contribution in [-0.4, -0.2) is 11.5 Å². The molecular formula is C13H24N2. The molecule has 2 nitrogen and oxygen atoms in total. The van der Waals surface area contributed by atoms with E-state index in [4.69, 9.17) is 0 Å². The molecule has 0 saturated heterocycles. The highest BCUT2D eigenvalue weighted by Gasteiger charge is 2.00. The standard InChI is InChI=1S/C13H24N2/c1-4-5-8-14-10-13-7-6-12(15-13)9-11(2)3/h6-7,11,14-15H,4-5,8-10H2,1-3H3. The third-order valence-corrected chi connectivity index (χ3v) is 2.46. The fourth-order valence-corrected chi connectivity index (χ4v) is 1.68. The summed E-state index contributed by atoms with van der Waals surface area (Å²) < 4.78 is 0. The molecule has 1 heterocycles. The Hall–Kier alpha value is -0.760. The van der Waals surface area contributed by atoms with Crippen molar-refractivity contribution in [3.05, 3.63) is 23.5 Å². The van der Waals surface area contributed by atoms with Crippen molar-refractivity contribution < 1.29 is 0 Å². The van der Waals surface area contributed by atoms with Crippen molar-refractivity contribution in [1.29, 1.82) is 0 Å². The second kappa shape index (κ2) is 6.67. The molecule has 0 radical (unpaired) electrons. The minimum atomic E-state index is 0.726. The summed E-state index contributed by atoms with van der Waals surface area (Å²) in [6.07, 6.45) is 3.67. The number of H-pyrrole nitrogens is 1. The van der Waals surface area contributed by atoms with Crippen molar-refractivity contribution in [2.45, 2.75) is 46.6 Å². The summed E-state index contributed by atoms with van der Waals surface area (Å²) in [5.74, 6) is 0.726. The van der Waals surface area contributed by atoms with Gasteiger partial charge in [-0.3, -0.25) is 0 Å². The van der Waals surface area contributed by atoms with Crippen molar-refractivity contribution in [3.63, 3.8) is 0 Å². The van der Waals surface area contributed by atoms with Crippen molar-refractivity contribution in [3.8, 4) is 0 Å². The van der Waals surface area contributed by atoms with Crippen LogP contribution < -0.4 is 5.32 Å². The Morgan fingerprint density at radius 3 is 2.67 bits per heavy atom. The van der Waals surface area contributed by atoms with E-state index in [1.165, 1.54) is 24.2 Å². The molecule has 1 aromatic rings.